The number of nitrogens with zero attached hydrogens (tertiary/aromatic N) is 2. The molecule has 1 heterocycles. The lowest BCUT2D eigenvalue weighted by Gasteiger charge is -2.21. The number of aliphatic hydroxyl groups is 1. The molecule has 1 aromatic rings. The van der Waals surface area contributed by atoms with E-state index in [1.165, 1.54) is 6.33 Å². The van der Waals surface area contributed by atoms with Crippen LogP contribution in [0.15, 0.2) is 10.9 Å². The predicted molar refractivity (Wildman–Crippen MR) is 58.1 cm³/mol. The fourth-order valence-electron chi connectivity index (χ4n) is 1.17. The zero-order chi connectivity index (χ0) is 12.9. The molecule has 1 atom stereocenters. The van der Waals surface area contributed by atoms with Gasteiger partial charge in [0.15, 0.2) is 6.33 Å². The largest absolute Gasteiger partial charge is 0.444 e. The number of carbonyl (C=O) groups is 1. The Morgan fingerprint density at radius 1 is 1.65 bits per heavy atom. The summed E-state index contributed by atoms with van der Waals surface area (Å²) in [6.45, 7) is 5.18. The lowest BCUT2D eigenvalue weighted by molar-refractivity contribution is 0.0485. The van der Waals surface area contributed by atoms with E-state index in [0.717, 1.165) is 0 Å². The quantitative estimate of drug-likeness (QED) is 0.819. The number of alkyl carbamates (subject to hydrolysis) is 1. The van der Waals surface area contributed by atoms with Crippen LogP contribution in [0.25, 0.3) is 0 Å². The van der Waals surface area contributed by atoms with Gasteiger partial charge >= 0.3 is 6.09 Å². The molecule has 1 rings (SSSR count). The third kappa shape index (κ3) is 4.81. The maximum atomic E-state index is 11.5. The van der Waals surface area contributed by atoms with Crippen LogP contribution < -0.4 is 5.32 Å². The van der Waals surface area contributed by atoms with E-state index in [4.69, 9.17) is 14.4 Å². The number of aliphatic hydroxyl groups excluding tert-OH is 1. The van der Waals surface area contributed by atoms with Gasteiger partial charge in [-0.2, -0.15) is 4.98 Å². The van der Waals surface area contributed by atoms with E-state index < -0.39 is 17.7 Å². The number of hydrogen-bond acceptors (Lipinski definition) is 6. The standard InChI is InChI=1S/C10H17N3O4/c1-10(2,3)16-9(15)13-7(4-5-14)8-11-6-12-17-8/h6-7,14H,4-5H2,1-3H3,(H,13,15). The van der Waals surface area contributed by atoms with Crippen molar-refractivity contribution >= 4 is 6.09 Å². The van der Waals surface area contributed by atoms with Crippen molar-refractivity contribution < 1.29 is 19.2 Å². The van der Waals surface area contributed by atoms with Crippen LogP contribution >= 0.6 is 0 Å². The highest BCUT2D eigenvalue weighted by molar-refractivity contribution is 5.68. The van der Waals surface area contributed by atoms with Gasteiger partial charge in [-0.1, -0.05) is 5.16 Å². The second kappa shape index (κ2) is 5.62. The lowest BCUT2D eigenvalue weighted by atomic mass is 10.2. The molecule has 0 aliphatic rings. The molecule has 0 bridgehead atoms. The highest BCUT2D eigenvalue weighted by Crippen LogP contribution is 2.14. The third-order valence-electron chi connectivity index (χ3n) is 1.79. The number of rotatable bonds is 4. The van der Waals surface area contributed by atoms with Gasteiger partial charge in [-0.3, -0.25) is 0 Å². The number of carbonyl (C=O) groups excluding carboxylic acids is 1. The van der Waals surface area contributed by atoms with Gasteiger partial charge in [0.25, 0.3) is 0 Å². The van der Waals surface area contributed by atoms with E-state index >= 15 is 0 Å². The summed E-state index contributed by atoms with van der Waals surface area (Å²) in [5.41, 5.74) is -0.581. The third-order valence-corrected chi connectivity index (χ3v) is 1.79. The maximum absolute atomic E-state index is 11.5. The molecule has 0 fully saturated rings. The molecule has 0 spiro atoms. The maximum Gasteiger partial charge on any atom is 0.408 e. The minimum absolute atomic E-state index is 0.108. The Hall–Kier alpha value is -1.63. The SMILES string of the molecule is CC(C)(C)OC(=O)NC(CCO)c1ncno1. The van der Waals surface area contributed by atoms with Crippen LogP contribution in [0.3, 0.4) is 0 Å². The highest BCUT2D eigenvalue weighted by Gasteiger charge is 2.23. The minimum Gasteiger partial charge on any atom is -0.444 e. The normalized spacial score (nSPS) is 13.2. The first-order valence-electron chi connectivity index (χ1n) is 5.29. The van der Waals surface area contributed by atoms with Crippen LogP contribution in [0.4, 0.5) is 4.79 Å². The number of ether oxygens (including phenoxy) is 1. The van der Waals surface area contributed by atoms with Gasteiger partial charge in [0.1, 0.15) is 11.6 Å². The zero-order valence-corrected chi connectivity index (χ0v) is 10.1. The van der Waals surface area contributed by atoms with E-state index in [1.54, 1.807) is 20.8 Å². The summed E-state index contributed by atoms with van der Waals surface area (Å²) >= 11 is 0. The van der Waals surface area contributed by atoms with Gasteiger partial charge in [0.2, 0.25) is 5.89 Å². The van der Waals surface area contributed by atoms with Gasteiger partial charge in [-0.15, -0.1) is 0 Å². The fraction of sp³-hybridized carbons (Fsp3) is 0.700. The molecule has 0 saturated heterocycles. The lowest BCUT2D eigenvalue weighted by Crippen LogP contribution is -2.35. The van der Waals surface area contributed by atoms with Crippen molar-refractivity contribution in [3.05, 3.63) is 12.2 Å². The van der Waals surface area contributed by atoms with Gasteiger partial charge in [-0.05, 0) is 27.2 Å². The molecule has 0 aliphatic heterocycles. The first kappa shape index (κ1) is 13.4. The van der Waals surface area contributed by atoms with Crippen LogP contribution in [0.2, 0.25) is 0 Å². The van der Waals surface area contributed by atoms with E-state index in [9.17, 15) is 4.79 Å². The molecule has 2 N–H and O–H groups in total. The van der Waals surface area contributed by atoms with Crippen molar-refractivity contribution in [2.45, 2.75) is 38.8 Å². The molecule has 1 unspecified atom stereocenters. The summed E-state index contributed by atoms with van der Waals surface area (Å²) < 4.78 is 9.93. The van der Waals surface area contributed by atoms with Crippen molar-refractivity contribution in [3.63, 3.8) is 0 Å². The molecule has 1 amide bonds. The summed E-state index contributed by atoms with van der Waals surface area (Å²) in [5, 5.41) is 14.9. The van der Waals surface area contributed by atoms with E-state index in [0.29, 0.717) is 0 Å². The smallest absolute Gasteiger partial charge is 0.408 e. The molecule has 0 aromatic carbocycles. The molecule has 1 aromatic heterocycles. The minimum atomic E-state index is -0.589. The van der Waals surface area contributed by atoms with Crippen LogP contribution in [0.5, 0.6) is 0 Å². The molecule has 0 saturated carbocycles. The second-order valence-corrected chi connectivity index (χ2v) is 4.49. The molecule has 0 radical (unpaired) electrons. The number of amides is 1. The average Bonchev–Trinajstić information content (AvgIpc) is 2.66. The zero-order valence-electron chi connectivity index (χ0n) is 10.1. The molecule has 0 aliphatic carbocycles. The Labute approximate surface area is 99.2 Å². The van der Waals surface area contributed by atoms with Crippen molar-refractivity contribution in [1.82, 2.24) is 15.5 Å². The molecule has 96 valence electrons. The molecule has 7 nitrogen and oxygen atoms in total. The first-order valence-corrected chi connectivity index (χ1v) is 5.29. The molecular weight excluding hydrogens is 226 g/mol. The van der Waals surface area contributed by atoms with E-state index in [2.05, 4.69) is 15.5 Å². The monoisotopic (exact) mass is 243 g/mol. The number of aromatic nitrogens is 2. The van der Waals surface area contributed by atoms with Crippen molar-refractivity contribution in [2.24, 2.45) is 0 Å². The predicted octanol–water partition coefficient (Wildman–Crippen LogP) is 1.02. The topological polar surface area (TPSA) is 97.5 Å². The number of nitrogens with one attached hydrogen (secondary N) is 1. The second-order valence-electron chi connectivity index (χ2n) is 4.49. The Kier molecular flexibility index (Phi) is 4.45. The van der Waals surface area contributed by atoms with Crippen molar-refractivity contribution in [2.75, 3.05) is 6.61 Å². The van der Waals surface area contributed by atoms with Crippen molar-refractivity contribution in [3.8, 4) is 0 Å². The highest BCUT2D eigenvalue weighted by atomic mass is 16.6. The van der Waals surface area contributed by atoms with Crippen molar-refractivity contribution in [1.29, 1.82) is 0 Å². The first-order chi connectivity index (χ1) is 7.92. The molecule has 7 heteroatoms. The molecular formula is C10H17N3O4. The van der Waals surface area contributed by atoms with Crippen LogP contribution in [0, 0.1) is 0 Å². The van der Waals surface area contributed by atoms with Gasteiger partial charge in [0.05, 0.1) is 0 Å². The Morgan fingerprint density at radius 2 is 2.35 bits per heavy atom. The van der Waals surface area contributed by atoms with E-state index in [1.807, 2.05) is 0 Å². The Balaban J connectivity index is 2.59. The Bertz CT molecular complexity index is 345. The Morgan fingerprint density at radius 3 is 2.82 bits per heavy atom. The average molecular weight is 243 g/mol. The van der Waals surface area contributed by atoms with Gasteiger partial charge < -0.3 is 19.7 Å². The summed E-state index contributed by atoms with van der Waals surface area (Å²) in [6.07, 6.45) is 0.923. The van der Waals surface area contributed by atoms with E-state index in [-0.39, 0.29) is 18.9 Å². The van der Waals surface area contributed by atoms with Crippen LogP contribution in [-0.4, -0.2) is 33.5 Å². The van der Waals surface area contributed by atoms with Crippen LogP contribution in [-0.2, 0) is 4.74 Å². The van der Waals surface area contributed by atoms with Gasteiger partial charge in [0, 0.05) is 6.61 Å². The molecule has 17 heavy (non-hydrogen) atoms. The summed E-state index contributed by atoms with van der Waals surface area (Å²) in [6, 6.07) is -0.544. The van der Waals surface area contributed by atoms with Crippen LogP contribution in [0.1, 0.15) is 39.1 Å². The number of hydrogen-bond donors (Lipinski definition) is 2. The van der Waals surface area contributed by atoms with Gasteiger partial charge in [-0.25, -0.2) is 4.79 Å². The summed E-state index contributed by atoms with van der Waals surface area (Å²) in [4.78, 5) is 15.4. The summed E-state index contributed by atoms with van der Waals surface area (Å²) in [5.74, 6) is 0.241. The fourth-order valence-corrected chi connectivity index (χ4v) is 1.17. The summed E-state index contributed by atoms with van der Waals surface area (Å²) in [7, 11) is 0.